The highest BCUT2D eigenvalue weighted by Gasteiger charge is 2.59. The Kier molecular flexibility index (Phi) is 3.37. The first-order valence-electron chi connectivity index (χ1n) is 7.81. The monoisotopic (exact) mass is 307 g/mol. The Bertz CT molecular complexity index is 716. The van der Waals surface area contributed by atoms with Crippen molar-refractivity contribution in [1.82, 2.24) is 4.90 Å². The SMILES string of the molecule is O=C[C@H]1[C@H](c2ccccc2)[C@H]1N1C(=O)OC[C@H]1c1ccccc1. The van der Waals surface area contributed by atoms with Gasteiger partial charge in [-0.05, 0) is 11.1 Å². The van der Waals surface area contributed by atoms with E-state index in [2.05, 4.69) is 0 Å². The average Bonchev–Trinajstić information content (AvgIpc) is 3.21. The second-order valence-electron chi connectivity index (χ2n) is 6.05. The quantitative estimate of drug-likeness (QED) is 0.815. The number of amides is 1. The zero-order valence-electron chi connectivity index (χ0n) is 12.5. The summed E-state index contributed by atoms with van der Waals surface area (Å²) in [6.45, 7) is 0.340. The van der Waals surface area contributed by atoms with E-state index in [1.165, 1.54) is 0 Å². The highest BCUT2D eigenvalue weighted by atomic mass is 16.6. The summed E-state index contributed by atoms with van der Waals surface area (Å²) in [5, 5.41) is 0. The summed E-state index contributed by atoms with van der Waals surface area (Å²) in [7, 11) is 0. The van der Waals surface area contributed by atoms with E-state index in [-0.39, 0.29) is 30.0 Å². The number of hydrogen-bond donors (Lipinski definition) is 0. The fraction of sp³-hybridized carbons (Fsp3) is 0.263. The van der Waals surface area contributed by atoms with E-state index in [0.29, 0.717) is 6.61 Å². The Balaban J connectivity index is 1.65. The van der Waals surface area contributed by atoms with Crippen LogP contribution >= 0.6 is 0 Å². The van der Waals surface area contributed by atoms with Crippen LogP contribution in [0.2, 0.25) is 0 Å². The molecule has 23 heavy (non-hydrogen) atoms. The first kappa shape index (κ1) is 14.0. The van der Waals surface area contributed by atoms with Crippen LogP contribution in [0.5, 0.6) is 0 Å². The molecule has 4 rings (SSSR count). The number of cyclic esters (lactones) is 1. The third-order valence-corrected chi connectivity index (χ3v) is 4.79. The Hall–Kier alpha value is -2.62. The molecular formula is C19H17NO3. The maximum absolute atomic E-state index is 12.3. The number of nitrogens with zero attached hydrogens (tertiary/aromatic N) is 1. The fourth-order valence-electron chi connectivity index (χ4n) is 3.63. The predicted octanol–water partition coefficient (Wildman–Crippen LogP) is 3.16. The molecule has 1 saturated carbocycles. The predicted molar refractivity (Wildman–Crippen MR) is 84.9 cm³/mol. The summed E-state index contributed by atoms with van der Waals surface area (Å²) in [6, 6.07) is 19.5. The van der Waals surface area contributed by atoms with E-state index in [1.807, 2.05) is 60.7 Å². The van der Waals surface area contributed by atoms with Crippen LogP contribution in [0.3, 0.4) is 0 Å². The largest absolute Gasteiger partial charge is 0.447 e. The molecule has 0 spiro atoms. The summed E-state index contributed by atoms with van der Waals surface area (Å²) in [6.07, 6.45) is 0.643. The second kappa shape index (κ2) is 5.54. The van der Waals surface area contributed by atoms with Gasteiger partial charge in [0.25, 0.3) is 0 Å². The Labute approximate surface area is 134 Å². The highest BCUT2D eigenvalue weighted by molar-refractivity contribution is 5.75. The summed E-state index contributed by atoms with van der Waals surface area (Å²) < 4.78 is 5.28. The molecule has 4 atom stereocenters. The lowest BCUT2D eigenvalue weighted by atomic mass is 10.1. The van der Waals surface area contributed by atoms with Crippen LogP contribution in [-0.2, 0) is 9.53 Å². The molecule has 4 nitrogen and oxygen atoms in total. The van der Waals surface area contributed by atoms with Crippen molar-refractivity contribution in [2.45, 2.75) is 18.0 Å². The fourth-order valence-corrected chi connectivity index (χ4v) is 3.63. The Morgan fingerprint density at radius 2 is 1.57 bits per heavy atom. The number of ether oxygens (including phenoxy) is 1. The number of hydrogen-bond acceptors (Lipinski definition) is 3. The molecule has 0 bridgehead atoms. The first-order valence-corrected chi connectivity index (χ1v) is 7.81. The summed E-state index contributed by atoms with van der Waals surface area (Å²) in [4.78, 5) is 25.5. The van der Waals surface area contributed by atoms with Gasteiger partial charge in [0, 0.05) is 11.8 Å². The molecule has 1 aliphatic heterocycles. The molecular weight excluding hydrogens is 290 g/mol. The van der Waals surface area contributed by atoms with E-state index >= 15 is 0 Å². The van der Waals surface area contributed by atoms with E-state index in [9.17, 15) is 9.59 Å². The lowest BCUT2D eigenvalue weighted by Gasteiger charge is -2.22. The van der Waals surface area contributed by atoms with Crippen molar-refractivity contribution in [3.05, 3.63) is 71.8 Å². The van der Waals surface area contributed by atoms with Crippen molar-refractivity contribution < 1.29 is 14.3 Å². The third-order valence-electron chi connectivity index (χ3n) is 4.79. The van der Waals surface area contributed by atoms with Crippen molar-refractivity contribution in [3.63, 3.8) is 0 Å². The van der Waals surface area contributed by atoms with Gasteiger partial charge >= 0.3 is 6.09 Å². The van der Waals surface area contributed by atoms with Crippen molar-refractivity contribution in [2.75, 3.05) is 6.61 Å². The number of rotatable bonds is 4. The van der Waals surface area contributed by atoms with Crippen molar-refractivity contribution in [1.29, 1.82) is 0 Å². The average molecular weight is 307 g/mol. The van der Waals surface area contributed by atoms with Gasteiger partial charge in [0.15, 0.2) is 0 Å². The minimum absolute atomic E-state index is 0.0607. The number of carbonyl (C=O) groups excluding carboxylic acids is 2. The van der Waals surface area contributed by atoms with Crippen molar-refractivity contribution in [3.8, 4) is 0 Å². The van der Waals surface area contributed by atoms with Gasteiger partial charge < -0.3 is 9.53 Å². The summed E-state index contributed by atoms with van der Waals surface area (Å²) >= 11 is 0. The molecule has 0 N–H and O–H groups in total. The van der Waals surface area contributed by atoms with Crippen molar-refractivity contribution in [2.24, 2.45) is 5.92 Å². The van der Waals surface area contributed by atoms with Crippen LogP contribution in [0, 0.1) is 5.92 Å². The summed E-state index contributed by atoms with van der Waals surface area (Å²) in [5.74, 6) is -0.0974. The maximum Gasteiger partial charge on any atom is 0.410 e. The Morgan fingerprint density at radius 3 is 2.17 bits per heavy atom. The van der Waals surface area contributed by atoms with Gasteiger partial charge in [0.05, 0.1) is 12.1 Å². The van der Waals surface area contributed by atoms with Crippen LogP contribution < -0.4 is 0 Å². The van der Waals surface area contributed by atoms with Gasteiger partial charge in [-0.3, -0.25) is 4.90 Å². The minimum atomic E-state index is -0.325. The number of aldehydes is 1. The molecule has 1 amide bonds. The molecule has 0 unspecified atom stereocenters. The zero-order chi connectivity index (χ0) is 15.8. The molecule has 4 heteroatoms. The lowest BCUT2D eigenvalue weighted by Crippen LogP contribution is -2.31. The standard InChI is InChI=1S/C19H17NO3/c21-11-15-17(14-9-5-2-6-10-14)18(15)20-16(12-23-19(20)22)13-7-3-1-4-8-13/h1-11,15-18H,12H2/t15-,16-,17-,18-/m0/s1. The van der Waals surface area contributed by atoms with Crippen LogP contribution in [0.25, 0.3) is 0 Å². The third kappa shape index (κ3) is 2.31. The van der Waals surface area contributed by atoms with Crippen LogP contribution in [0.15, 0.2) is 60.7 Å². The van der Waals surface area contributed by atoms with Gasteiger partial charge in [-0.25, -0.2) is 4.79 Å². The molecule has 2 aromatic rings. The summed E-state index contributed by atoms with van der Waals surface area (Å²) in [5.41, 5.74) is 2.14. The van der Waals surface area contributed by atoms with E-state index < -0.39 is 0 Å². The smallest absolute Gasteiger partial charge is 0.410 e. The van der Waals surface area contributed by atoms with Crippen molar-refractivity contribution >= 4 is 12.4 Å². The molecule has 1 aliphatic carbocycles. The normalized spacial score (nSPS) is 29.2. The van der Waals surface area contributed by atoms with Crippen LogP contribution in [0.4, 0.5) is 4.79 Å². The van der Waals surface area contributed by atoms with Crippen LogP contribution in [-0.4, -0.2) is 29.9 Å². The molecule has 2 fully saturated rings. The first-order chi connectivity index (χ1) is 11.3. The van der Waals surface area contributed by atoms with Gasteiger partial charge in [-0.1, -0.05) is 60.7 Å². The van der Waals surface area contributed by atoms with Crippen LogP contribution in [0.1, 0.15) is 23.1 Å². The van der Waals surface area contributed by atoms with Gasteiger partial charge in [-0.2, -0.15) is 0 Å². The molecule has 1 heterocycles. The molecule has 1 saturated heterocycles. The molecule has 0 aromatic heterocycles. The maximum atomic E-state index is 12.3. The van der Waals surface area contributed by atoms with E-state index in [4.69, 9.17) is 4.74 Å². The molecule has 0 radical (unpaired) electrons. The lowest BCUT2D eigenvalue weighted by molar-refractivity contribution is -0.109. The molecule has 116 valence electrons. The zero-order valence-corrected chi connectivity index (χ0v) is 12.5. The van der Waals surface area contributed by atoms with Gasteiger partial charge in [0.1, 0.15) is 12.9 Å². The van der Waals surface area contributed by atoms with E-state index in [1.54, 1.807) is 4.90 Å². The minimum Gasteiger partial charge on any atom is -0.447 e. The topological polar surface area (TPSA) is 46.6 Å². The second-order valence-corrected chi connectivity index (χ2v) is 6.05. The van der Waals surface area contributed by atoms with Gasteiger partial charge in [-0.15, -0.1) is 0 Å². The number of benzene rings is 2. The molecule has 2 aliphatic rings. The Morgan fingerprint density at radius 1 is 0.957 bits per heavy atom. The number of carbonyl (C=O) groups is 2. The highest BCUT2D eigenvalue weighted by Crippen LogP contribution is 2.53. The molecule has 2 aromatic carbocycles. The van der Waals surface area contributed by atoms with E-state index in [0.717, 1.165) is 17.4 Å². The van der Waals surface area contributed by atoms with Gasteiger partial charge in [0.2, 0.25) is 0 Å².